The van der Waals surface area contributed by atoms with E-state index < -0.39 is 0 Å². The molecule has 0 amide bonds. The third-order valence-corrected chi connectivity index (χ3v) is 5.37. The summed E-state index contributed by atoms with van der Waals surface area (Å²) in [6.07, 6.45) is 4.36. The van der Waals surface area contributed by atoms with E-state index in [0.29, 0.717) is 24.1 Å². The minimum absolute atomic E-state index is 0.214. The van der Waals surface area contributed by atoms with Crippen LogP contribution in [0, 0.1) is 0 Å². The molecular weight excluding hydrogens is 258 g/mol. The van der Waals surface area contributed by atoms with Crippen LogP contribution in [0.3, 0.4) is 0 Å². The van der Waals surface area contributed by atoms with E-state index in [4.69, 9.17) is 4.74 Å². The molecule has 3 aliphatic rings. The Morgan fingerprint density at radius 2 is 2.26 bits per heavy atom. The second-order valence-electron chi connectivity index (χ2n) is 5.18. The summed E-state index contributed by atoms with van der Waals surface area (Å²) in [5, 5.41) is 2.18. The summed E-state index contributed by atoms with van der Waals surface area (Å²) in [4.78, 5) is 16.7. The maximum absolute atomic E-state index is 12.1. The van der Waals surface area contributed by atoms with Crippen LogP contribution >= 0.6 is 11.3 Å². The zero-order valence-corrected chi connectivity index (χ0v) is 11.5. The third-order valence-electron chi connectivity index (χ3n) is 4.32. The third kappa shape index (κ3) is 1.40. The van der Waals surface area contributed by atoms with Crippen molar-refractivity contribution in [3.63, 3.8) is 0 Å². The first kappa shape index (κ1) is 11.3. The van der Waals surface area contributed by atoms with Crippen molar-refractivity contribution in [2.45, 2.75) is 31.6 Å². The molecule has 0 radical (unpaired) electrons. The molecule has 0 saturated carbocycles. The number of aromatic amines is 1. The van der Waals surface area contributed by atoms with Crippen molar-refractivity contribution in [3.05, 3.63) is 44.9 Å². The van der Waals surface area contributed by atoms with Gasteiger partial charge in [-0.1, -0.05) is 0 Å². The maximum atomic E-state index is 12.1. The van der Waals surface area contributed by atoms with Gasteiger partial charge in [-0.3, -0.25) is 0 Å². The number of carbonyl (C=O) groups is 1. The molecule has 3 aliphatic carbocycles. The van der Waals surface area contributed by atoms with E-state index in [9.17, 15) is 4.79 Å². The molecule has 0 fully saturated rings. The lowest BCUT2D eigenvalue weighted by Gasteiger charge is -2.36. The average Bonchev–Trinajstić information content (AvgIpc) is 3.07. The molecule has 3 nitrogen and oxygen atoms in total. The van der Waals surface area contributed by atoms with Gasteiger partial charge in [-0.05, 0) is 47.9 Å². The first-order chi connectivity index (χ1) is 9.31. The lowest BCUT2D eigenvalue weighted by atomic mass is 9.68. The number of fused-ring (bicyclic) bond motifs is 1. The highest BCUT2D eigenvalue weighted by Gasteiger charge is 2.41. The molecule has 0 aliphatic heterocycles. The topological polar surface area (TPSA) is 42.1 Å². The van der Waals surface area contributed by atoms with Crippen LogP contribution in [-0.4, -0.2) is 17.6 Å². The van der Waals surface area contributed by atoms with Gasteiger partial charge in [0.25, 0.3) is 0 Å². The standard InChI is InChI=1S/C15H15NO2S/c1-2-18-15(17)13-12-10-4-3-8(11(12)7-16-13)9-5-6-19-14(9)10/h5-8,10,16H,2-4H2,1H3. The Kier molecular flexibility index (Phi) is 2.36. The Balaban J connectivity index is 1.86. The first-order valence-corrected chi connectivity index (χ1v) is 7.64. The largest absolute Gasteiger partial charge is 0.461 e. The predicted molar refractivity (Wildman–Crippen MR) is 74.0 cm³/mol. The number of esters is 1. The van der Waals surface area contributed by atoms with Crippen LogP contribution in [0.25, 0.3) is 0 Å². The van der Waals surface area contributed by atoms with E-state index in [1.807, 2.05) is 24.5 Å². The Hall–Kier alpha value is -1.55. The SMILES string of the molecule is CCOC(=O)c1[nH]cc2c1C1CCC2c2ccsc21. The van der Waals surface area contributed by atoms with Gasteiger partial charge in [0.1, 0.15) is 5.69 Å². The van der Waals surface area contributed by atoms with Crippen LogP contribution in [0.1, 0.15) is 63.7 Å². The number of ether oxygens (including phenoxy) is 1. The fraction of sp³-hybridized carbons (Fsp3) is 0.400. The number of aromatic nitrogens is 1. The van der Waals surface area contributed by atoms with Gasteiger partial charge in [-0.25, -0.2) is 4.79 Å². The molecular formula is C15H15NO2S. The number of hydrogen-bond acceptors (Lipinski definition) is 3. The van der Waals surface area contributed by atoms with Crippen LogP contribution < -0.4 is 0 Å². The van der Waals surface area contributed by atoms with E-state index in [1.165, 1.54) is 28.0 Å². The molecule has 2 aromatic heterocycles. The van der Waals surface area contributed by atoms with Crippen molar-refractivity contribution in [2.24, 2.45) is 0 Å². The minimum atomic E-state index is -0.214. The second kappa shape index (κ2) is 3.97. The fourth-order valence-corrected chi connectivity index (χ4v) is 4.71. The van der Waals surface area contributed by atoms with Crippen molar-refractivity contribution in [1.29, 1.82) is 0 Å². The Morgan fingerprint density at radius 3 is 3.11 bits per heavy atom. The van der Waals surface area contributed by atoms with E-state index in [1.54, 1.807) is 0 Å². The molecule has 2 unspecified atom stereocenters. The molecule has 98 valence electrons. The number of thiophene rings is 1. The highest BCUT2D eigenvalue weighted by molar-refractivity contribution is 7.10. The highest BCUT2D eigenvalue weighted by Crippen LogP contribution is 2.55. The van der Waals surface area contributed by atoms with Crippen molar-refractivity contribution < 1.29 is 9.53 Å². The summed E-state index contributed by atoms with van der Waals surface area (Å²) in [6, 6.07) is 2.25. The second-order valence-corrected chi connectivity index (χ2v) is 6.12. The lowest BCUT2D eigenvalue weighted by molar-refractivity contribution is 0.0518. The average molecular weight is 273 g/mol. The van der Waals surface area contributed by atoms with Crippen molar-refractivity contribution >= 4 is 17.3 Å². The highest BCUT2D eigenvalue weighted by atomic mass is 32.1. The Bertz CT molecular complexity index is 655. The number of nitrogens with one attached hydrogen (secondary N) is 1. The summed E-state index contributed by atoms with van der Waals surface area (Å²) in [5.41, 5.74) is 4.66. The molecule has 0 saturated heterocycles. The van der Waals surface area contributed by atoms with Gasteiger partial charge in [0.2, 0.25) is 0 Å². The van der Waals surface area contributed by atoms with Crippen molar-refractivity contribution in [2.75, 3.05) is 6.61 Å². The summed E-state index contributed by atoms with van der Waals surface area (Å²) in [7, 11) is 0. The van der Waals surface area contributed by atoms with Gasteiger partial charge in [0.05, 0.1) is 6.61 Å². The molecule has 4 heteroatoms. The molecule has 1 N–H and O–H groups in total. The van der Waals surface area contributed by atoms with E-state index in [2.05, 4.69) is 16.4 Å². The number of rotatable bonds is 2. The maximum Gasteiger partial charge on any atom is 0.355 e. The Morgan fingerprint density at radius 1 is 1.42 bits per heavy atom. The van der Waals surface area contributed by atoms with Crippen LogP contribution in [-0.2, 0) is 4.74 Å². The van der Waals surface area contributed by atoms with E-state index in [-0.39, 0.29) is 5.97 Å². The molecule has 2 aromatic rings. The molecule has 2 atom stereocenters. The van der Waals surface area contributed by atoms with Crippen molar-refractivity contribution in [3.8, 4) is 0 Å². The normalized spacial score (nSPS) is 23.0. The Labute approximate surface area is 115 Å². The summed E-state index contributed by atoms with van der Waals surface area (Å²) in [6.45, 7) is 2.27. The lowest BCUT2D eigenvalue weighted by Crippen LogP contribution is -2.23. The predicted octanol–water partition coefficient (Wildman–Crippen LogP) is 3.62. The number of H-pyrrole nitrogens is 1. The van der Waals surface area contributed by atoms with Crippen molar-refractivity contribution in [1.82, 2.24) is 4.98 Å². The van der Waals surface area contributed by atoms with Crippen LogP contribution in [0.2, 0.25) is 0 Å². The summed E-state index contributed by atoms with van der Waals surface area (Å²) in [5.74, 6) is 0.649. The van der Waals surface area contributed by atoms with Crippen LogP contribution in [0.4, 0.5) is 0 Å². The van der Waals surface area contributed by atoms with Gasteiger partial charge in [-0.15, -0.1) is 11.3 Å². The van der Waals surface area contributed by atoms with Gasteiger partial charge in [0.15, 0.2) is 0 Å². The summed E-state index contributed by atoms with van der Waals surface area (Å²) >= 11 is 1.82. The zero-order valence-electron chi connectivity index (χ0n) is 10.7. The van der Waals surface area contributed by atoms with Crippen LogP contribution in [0.15, 0.2) is 17.6 Å². The fourth-order valence-electron chi connectivity index (χ4n) is 3.61. The number of carbonyl (C=O) groups excluding carboxylic acids is 1. The zero-order chi connectivity index (χ0) is 13.0. The molecule has 2 bridgehead atoms. The minimum Gasteiger partial charge on any atom is -0.461 e. The van der Waals surface area contributed by atoms with Gasteiger partial charge in [0, 0.05) is 22.9 Å². The smallest absolute Gasteiger partial charge is 0.355 e. The molecule has 19 heavy (non-hydrogen) atoms. The molecule has 5 rings (SSSR count). The van der Waals surface area contributed by atoms with Gasteiger partial charge >= 0.3 is 5.97 Å². The van der Waals surface area contributed by atoms with E-state index in [0.717, 1.165) is 6.42 Å². The monoisotopic (exact) mass is 273 g/mol. The molecule has 2 heterocycles. The summed E-state index contributed by atoms with van der Waals surface area (Å²) < 4.78 is 5.16. The molecule has 0 spiro atoms. The first-order valence-electron chi connectivity index (χ1n) is 6.76. The van der Waals surface area contributed by atoms with E-state index >= 15 is 0 Å². The quantitative estimate of drug-likeness (QED) is 0.849. The number of hydrogen-bond donors (Lipinski definition) is 1. The van der Waals surface area contributed by atoms with Gasteiger partial charge in [-0.2, -0.15) is 0 Å². The molecule has 0 aromatic carbocycles. The van der Waals surface area contributed by atoms with Crippen LogP contribution in [0.5, 0.6) is 0 Å². The van der Waals surface area contributed by atoms with Gasteiger partial charge < -0.3 is 9.72 Å².